The van der Waals surface area contributed by atoms with Gasteiger partial charge < -0.3 is 10.0 Å². The van der Waals surface area contributed by atoms with Gasteiger partial charge in [-0.3, -0.25) is 4.79 Å². The standard InChI is InChI=1S/C10H14N2O2S/c1-6(9(13)14)8-5-15-10(11-8)12(2)7-3-4-7/h5-7H,3-4H2,1-2H3,(H,13,14). The number of carboxylic acid groups (broad SMARTS) is 1. The smallest absolute Gasteiger partial charge is 0.312 e. The van der Waals surface area contributed by atoms with Gasteiger partial charge in [0, 0.05) is 18.5 Å². The Labute approximate surface area is 92.6 Å². The van der Waals surface area contributed by atoms with Crippen molar-refractivity contribution < 1.29 is 9.90 Å². The van der Waals surface area contributed by atoms with Crippen molar-refractivity contribution in [2.45, 2.75) is 31.7 Å². The summed E-state index contributed by atoms with van der Waals surface area (Å²) in [7, 11) is 2.02. The van der Waals surface area contributed by atoms with Crippen LogP contribution in [-0.2, 0) is 4.79 Å². The fraction of sp³-hybridized carbons (Fsp3) is 0.600. The number of hydrogen-bond donors (Lipinski definition) is 1. The number of carbonyl (C=O) groups is 1. The zero-order chi connectivity index (χ0) is 11.0. The molecule has 1 aromatic heterocycles. The molecule has 15 heavy (non-hydrogen) atoms. The van der Waals surface area contributed by atoms with E-state index in [-0.39, 0.29) is 0 Å². The highest BCUT2D eigenvalue weighted by atomic mass is 32.1. The molecule has 82 valence electrons. The van der Waals surface area contributed by atoms with Gasteiger partial charge in [0.25, 0.3) is 0 Å². The molecular formula is C10H14N2O2S. The molecule has 1 atom stereocenters. The second kappa shape index (κ2) is 3.81. The van der Waals surface area contributed by atoms with Crippen molar-refractivity contribution in [1.82, 2.24) is 4.98 Å². The van der Waals surface area contributed by atoms with Gasteiger partial charge in [-0.1, -0.05) is 0 Å². The summed E-state index contributed by atoms with van der Waals surface area (Å²) in [6, 6.07) is 0.615. The van der Waals surface area contributed by atoms with Crippen molar-refractivity contribution in [1.29, 1.82) is 0 Å². The first-order valence-corrected chi connectivity index (χ1v) is 5.88. The lowest BCUT2D eigenvalue weighted by atomic mass is 10.1. The van der Waals surface area contributed by atoms with Crippen LogP contribution in [0.25, 0.3) is 0 Å². The van der Waals surface area contributed by atoms with Gasteiger partial charge in [0.15, 0.2) is 5.13 Å². The Balaban J connectivity index is 2.12. The average Bonchev–Trinajstić information content (AvgIpc) is 2.93. The van der Waals surface area contributed by atoms with Crippen molar-refractivity contribution in [3.05, 3.63) is 11.1 Å². The van der Waals surface area contributed by atoms with E-state index in [1.165, 1.54) is 24.2 Å². The summed E-state index contributed by atoms with van der Waals surface area (Å²) in [5, 5.41) is 11.6. The normalized spacial score (nSPS) is 17.5. The Bertz CT molecular complexity index is 373. The maximum Gasteiger partial charge on any atom is 0.312 e. The molecule has 0 spiro atoms. The second-order valence-electron chi connectivity index (χ2n) is 3.96. The van der Waals surface area contributed by atoms with Crippen LogP contribution in [0.2, 0.25) is 0 Å². The van der Waals surface area contributed by atoms with E-state index in [0.29, 0.717) is 11.7 Å². The molecule has 0 aliphatic heterocycles. The zero-order valence-electron chi connectivity index (χ0n) is 8.80. The molecule has 0 aromatic carbocycles. The van der Waals surface area contributed by atoms with Crippen molar-refractivity contribution in [2.75, 3.05) is 11.9 Å². The van der Waals surface area contributed by atoms with Crippen LogP contribution >= 0.6 is 11.3 Å². The minimum Gasteiger partial charge on any atom is -0.481 e. The highest BCUT2D eigenvalue weighted by Gasteiger charge is 2.28. The third kappa shape index (κ3) is 2.12. The molecule has 1 aromatic rings. The first-order chi connectivity index (χ1) is 7.09. The lowest BCUT2D eigenvalue weighted by Crippen LogP contribution is -2.19. The topological polar surface area (TPSA) is 53.4 Å². The van der Waals surface area contributed by atoms with Gasteiger partial charge in [0.05, 0.1) is 11.6 Å². The van der Waals surface area contributed by atoms with E-state index in [1.807, 2.05) is 12.4 Å². The lowest BCUT2D eigenvalue weighted by Gasteiger charge is -2.13. The van der Waals surface area contributed by atoms with Gasteiger partial charge in [-0.15, -0.1) is 11.3 Å². The summed E-state index contributed by atoms with van der Waals surface area (Å²) in [5.41, 5.74) is 0.662. The first kappa shape index (κ1) is 10.4. The second-order valence-corrected chi connectivity index (χ2v) is 4.79. The van der Waals surface area contributed by atoms with Gasteiger partial charge in [-0.2, -0.15) is 0 Å². The molecule has 1 fully saturated rings. The predicted molar refractivity (Wildman–Crippen MR) is 59.6 cm³/mol. The molecule has 0 saturated heterocycles. The van der Waals surface area contributed by atoms with Crippen LogP contribution in [0.1, 0.15) is 31.4 Å². The molecule has 5 heteroatoms. The van der Waals surface area contributed by atoms with Crippen LogP contribution < -0.4 is 4.90 Å². The van der Waals surface area contributed by atoms with E-state index in [1.54, 1.807) is 6.92 Å². The minimum absolute atomic E-state index is 0.511. The lowest BCUT2D eigenvalue weighted by molar-refractivity contribution is -0.138. The number of thiazole rings is 1. The summed E-state index contributed by atoms with van der Waals surface area (Å²) in [4.78, 5) is 17.3. The Morgan fingerprint density at radius 2 is 2.40 bits per heavy atom. The molecule has 2 rings (SSSR count). The van der Waals surface area contributed by atoms with Crippen LogP contribution in [0.4, 0.5) is 5.13 Å². The van der Waals surface area contributed by atoms with Gasteiger partial charge in [-0.25, -0.2) is 4.98 Å². The monoisotopic (exact) mass is 226 g/mol. The maximum atomic E-state index is 10.8. The number of aliphatic carboxylic acids is 1. The highest BCUT2D eigenvalue weighted by Crippen LogP contribution is 2.33. The van der Waals surface area contributed by atoms with E-state index in [2.05, 4.69) is 9.88 Å². The van der Waals surface area contributed by atoms with E-state index < -0.39 is 11.9 Å². The minimum atomic E-state index is -0.819. The SMILES string of the molecule is CC(C(=O)O)c1csc(N(C)C2CC2)n1. The van der Waals surface area contributed by atoms with Crippen LogP contribution in [0.3, 0.4) is 0 Å². The molecule has 1 aliphatic carbocycles. The summed E-state index contributed by atoms with van der Waals surface area (Å²) in [6.07, 6.45) is 2.44. The van der Waals surface area contributed by atoms with Gasteiger partial charge in [0.2, 0.25) is 0 Å². The van der Waals surface area contributed by atoms with Crippen LogP contribution in [0.5, 0.6) is 0 Å². The van der Waals surface area contributed by atoms with Crippen LogP contribution in [0, 0.1) is 0 Å². The molecule has 1 aliphatic rings. The number of nitrogens with zero attached hydrogens (tertiary/aromatic N) is 2. The van der Waals surface area contributed by atoms with Crippen molar-refractivity contribution in [3.63, 3.8) is 0 Å². The molecule has 1 unspecified atom stereocenters. The maximum absolute atomic E-state index is 10.8. The fourth-order valence-electron chi connectivity index (χ4n) is 1.38. The largest absolute Gasteiger partial charge is 0.481 e. The Morgan fingerprint density at radius 1 is 1.73 bits per heavy atom. The van der Waals surface area contributed by atoms with Gasteiger partial charge in [-0.05, 0) is 19.8 Å². The Hall–Kier alpha value is -1.10. The van der Waals surface area contributed by atoms with Crippen LogP contribution in [0.15, 0.2) is 5.38 Å². The van der Waals surface area contributed by atoms with E-state index in [9.17, 15) is 4.79 Å². The van der Waals surface area contributed by atoms with Crippen LogP contribution in [-0.4, -0.2) is 29.1 Å². The van der Waals surface area contributed by atoms with Crippen molar-refractivity contribution in [2.24, 2.45) is 0 Å². The third-order valence-electron chi connectivity index (χ3n) is 2.72. The molecular weight excluding hydrogens is 212 g/mol. The first-order valence-electron chi connectivity index (χ1n) is 5.00. The quantitative estimate of drug-likeness (QED) is 0.852. The fourth-order valence-corrected chi connectivity index (χ4v) is 2.34. The molecule has 0 bridgehead atoms. The molecule has 0 amide bonds. The van der Waals surface area contributed by atoms with E-state index in [0.717, 1.165) is 5.13 Å². The molecule has 4 nitrogen and oxygen atoms in total. The number of rotatable bonds is 4. The number of carboxylic acids is 1. The molecule has 1 saturated carbocycles. The Kier molecular flexibility index (Phi) is 2.65. The summed E-state index contributed by atoms with van der Waals surface area (Å²) < 4.78 is 0. The van der Waals surface area contributed by atoms with E-state index in [4.69, 9.17) is 5.11 Å². The molecule has 1 N–H and O–H groups in total. The number of aromatic nitrogens is 1. The zero-order valence-corrected chi connectivity index (χ0v) is 9.62. The van der Waals surface area contributed by atoms with Gasteiger partial charge in [0.1, 0.15) is 0 Å². The van der Waals surface area contributed by atoms with Crippen molar-refractivity contribution >= 4 is 22.4 Å². The van der Waals surface area contributed by atoms with Gasteiger partial charge >= 0.3 is 5.97 Å². The third-order valence-corrected chi connectivity index (χ3v) is 3.67. The van der Waals surface area contributed by atoms with Crippen molar-refractivity contribution in [3.8, 4) is 0 Å². The molecule has 0 radical (unpaired) electrons. The Morgan fingerprint density at radius 3 is 2.93 bits per heavy atom. The predicted octanol–water partition coefficient (Wildman–Crippen LogP) is 1.93. The highest BCUT2D eigenvalue weighted by molar-refractivity contribution is 7.13. The summed E-state index contributed by atoms with van der Waals surface area (Å²) in [5.74, 6) is -1.33. The summed E-state index contributed by atoms with van der Waals surface area (Å²) in [6.45, 7) is 1.66. The average molecular weight is 226 g/mol. The number of hydrogen-bond acceptors (Lipinski definition) is 4. The van der Waals surface area contributed by atoms with E-state index >= 15 is 0 Å². The molecule has 1 heterocycles. The summed E-state index contributed by atoms with van der Waals surface area (Å²) >= 11 is 1.52. The number of anilines is 1.